The van der Waals surface area contributed by atoms with Gasteiger partial charge in [-0.05, 0) is 18.2 Å². The Kier molecular flexibility index (Phi) is 3.90. The fraction of sp³-hybridized carbons (Fsp3) is 0. The predicted molar refractivity (Wildman–Crippen MR) is 63.4 cm³/mol. The summed E-state index contributed by atoms with van der Waals surface area (Å²) in [6.07, 6.45) is 4.63. The molecule has 0 spiro atoms. The van der Waals surface area contributed by atoms with Gasteiger partial charge in [0.25, 0.3) is 0 Å². The van der Waals surface area contributed by atoms with Gasteiger partial charge in [0, 0.05) is 18.1 Å². The zero-order chi connectivity index (χ0) is 12.0. The lowest BCUT2D eigenvalue weighted by Crippen LogP contribution is -1.88. The van der Waals surface area contributed by atoms with Crippen molar-refractivity contribution in [3.05, 3.63) is 36.8 Å². The van der Waals surface area contributed by atoms with Gasteiger partial charge in [0.2, 0.25) is 0 Å². The highest BCUT2D eigenvalue weighted by Gasteiger charge is 1.93. The van der Waals surface area contributed by atoms with Crippen molar-refractivity contribution < 1.29 is 5.11 Å². The van der Waals surface area contributed by atoms with Crippen molar-refractivity contribution in [2.24, 2.45) is 0 Å². The van der Waals surface area contributed by atoms with Crippen molar-refractivity contribution >= 4 is 17.2 Å². The Morgan fingerprint density at radius 1 is 1.06 bits per heavy atom. The molecule has 0 atom stereocenters. The second-order valence-electron chi connectivity index (χ2n) is 2.95. The average Bonchev–Trinajstić information content (AvgIpc) is 2.26. The van der Waals surface area contributed by atoms with E-state index in [4.69, 9.17) is 22.3 Å². The van der Waals surface area contributed by atoms with Crippen LogP contribution in [0, 0.1) is 0 Å². The van der Waals surface area contributed by atoms with E-state index in [1.807, 2.05) is 0 Å². The van der Waals surface area contributed by atoms with Crippen LogP contribution in [0.4, 0.5) is 17.2 Å². The zero-order valence-electron chi connectivity index (χ0n) is 8.54. The standard InChI is InChI=1S/C6H8N2O.C4H5N3/c7-4-1-2-6(9)5(8)3-4;5-4-3-6-1-2-7-4/h1-3,9H,7-8H2;1-3H,(H2,5,7). The number of aromatic nitrogens is 2. The van der Waals surface area contributed by atoms with Crippen LogP contribution in [0.5, 0.6) is 5.75 Å². The van der Waals surface area contributed by atoms with Gasteiger partial charge in [-0.15, -0.1) is 0 Å². The van der Waals surface area contributed by atoms with Crippen molar-refractivity contribution in [1.29, 1.82) is 0 Å². The molecule has 0 aliphatic carbocycles. The van der Waals surface area contributed by atoms with Crippen molar-refractivity contribution in [3.63, 3.8) is 0 Å². The molecule has 0 saturated heterocycles. The SMILES string of the molecule is Nc1ccc(O)c(N)c1.Nc1cnccn1. The summed E-state index contributed by atoms with van der Waals surface area (Å²) in [5.41, 5.74) is 16.7. The summed E-state index contributed by atoms with van der Waals surface area (Å²) < 4.78 is 0. The molecule has 0 bridgehead atoms. The third-order valence-corrected chi connectivity index (χ3v) is 1.63. The summed E-state index contributed by atoms with van der Waals surface area (Å²) in [6, 6.07) is 4.56. The molecule has 6 nitrogen and oxygen atoms in total. The third kappa shape index (κ3) is 3.70. The van der Waals surface area contributed by atoms with E-state index in [9.17, 15) is 0 Å². The van der Waals surface area contributed by atoms with Crippen LogP contribution in [0.25, 0.3) is 0 Å². The first kappa shape index (κ1) is 11.6. The Balaban J connectivity index is 0.000000165. The molecule has 0 amide bonds. The molecule has 1 heterocycles. The zero-order valence-corrected chi connectivity index (χ0v) is 8.54. The fourth-order valence-corrected chi connectivity index (χ4v) is 0.884. The Morgan fingerprint density at radius 2 is 1.81 bits per heavy atom. The van der Waals surface area contributed by atoms with Crippen molar-refractivity contribution in [3.8, 4) is 5.75 Å². The number of aromatic hydroxyl groups is 1. The number of rotatable bonds is 0. The Hall–Kier alpha value is -2.50. The number of hydrogen-bond donors (Lipinski definition) is 4. The van der Waals surface area contributed by atoms with E-state index in [0.717, 1.165) is 0 Å². The van der Waals surface area contributed by atoms with Crippen molar-refractivity contribution in [2.75, 3.05) is 17.2 Å². The second-order valence-corrected chi connectivity index (χ2v) is 2.95. The maximum Gasteiger partial charge on any atom is 0.141 e. The molecule has 0 unspecified atom stereocenters. The number of nitrogens with two attached hydrogens (primary N) is 3. The van der Waals surface area contributed by atoms with Crippen LogP contribution in [0.1, 0.15) is 0 Å². The van der Waals surface area contributed by atoms with E-state index in [1.165, 1.54) is 18.3 Å². The van der Waals surface area contributed by atoms with Gasteiger partial charge in [-0.1, -0.05) is 0 Å². The number of nitrogens with zero attached hydrogens (tertiary/aromatic N) is 2. The second kappa shape index (κ2) is 5.40. The van der Waals surface area contributed by atoms with Gasteiger partial charge in [0.05, 0.1) is 11.9 Å². The number of hydrogen-bond acceptors (Lipinski definition) is 6. The van der Waals surface area contributed by atoms with E-state index in [0.29, 0.717) is 17.2 Å². The quantitative estimate of drug-likeness (QED) is 0.292. The Bertz CT molecular complexity index is 446. The number of nitrogen functional groups attached to an aromatic ring is 3. The number of anilines is 3. The molecular formula is C10H13N5O. The Morgan fingerprint density at radius 3 is 2.19 bits per heavy atom. The van der Waals surface area contributed by atoms with Crippen LogP contribution in [0.3, 0.4) is 0 Å². The summed E-state index contributed by atoms with van der Waals surface area (Å²) in [5.74, 6) is 0.534. The lowest BCUT2D eigenvalue weighted by atomic mass is 10.3. The highest BCUT2D eigenvalue weighted by molar-refractivity contribution is 5.59. The molecule has 6 heteroatoms. The average molecular weight is 219 g/mol. The van der Waals surface area contributed by atoms with Gasteiger partial charge in [-0.2, -0.15) is 0 Å². The van der Waals surface area contributed by atoms with Crippen LogP contribution in [-0.2, 0) is 0 Å². The van der Waals surface area contributed by atoms with Crippen molar-refractivity contribution in [2.45, 2.75) is 0 Å². The minimum atomic E-state index is 0.0733. The number of phenols is 1. The molecule has 2 aromatic rings. The van der Waals surface area contributed by atoms with Gasteiger partial charge < -0.3 is 22.3 Å². The smallest absolute Gasteiger partial charge is 0.141 e. The molecule has 1 aromatic carbocycles. The summed E-state index contributed by atoms with van der Waals surface area (Å²) in [4.78, 5) is 7.39. The van der Waals surface area contributed by atoms with E-state index in [2.05, 4.69) is 9.97 Å². The van der Waals surface area contributed by atoms with Crippen LogP contribution in [0.15, 0.2) is 36.8 Å². The first-order valence-electron chi connectivity index (χ1n) is 4.45. The van der Waals surface area contributed by atoms with E-state index >= 15 is 0 Å². The minimum Gasteiger partial charge on any atom is -0.506 e. The lowest BCUT2D eigenvalue weighted by Gasteiger charge is -1.97. The van der Waals surface area contributed by atoms with Gasteiger partial charge in [-0.25, -0.2) is 4.98 Å². The number of benzene rings is 1. The molecule has 0 aliphatic rings. The predicted octanol–water partition coefficient (Wildman–Crippen LogP) is 0.615. The van der Waals surface area contributed by atoms with Gasteiger partial charge in [0.1, 0.15) is 11.6 Å². The molecule has 0 fully saturated rings. The van der Waals surface area contributed by atoms with Gasteiger partial charge in [-0.3, -0.25) is 4.98 Å². The first-order valence-corrected chi connectivity index (χ1v) is 4.45. The molecule has 7 N–H and O–H groups in total. The minimum absolute atomic E-state index is 0.0733. The lowest BCUT2D eigenvalue weighted by molar-refractivity contribution is 0.478. The normalized spacial score (nSPS) is 9.00. The first-order chi connectivity index (χ1) is 7.59. The van der Waals surface area contributed by atoms with Crippen molar-refractivity contribution in [1.82, 2.24) is 9.97 Å². The topological polar surface area (TPSA) is 124 Å². The molecule has 1 aromatic heterocycles. The molecule has 84 valence electrons. The van der Waals surface area contributed by atoms with Crippen LogP contribution < -0.4 is 17.2 Å². The van der Waals surface area contributed by atoms with E-state index in [-0.39, 0.29) is 5.75 Å². The summed E-state index contributed by atoms with van der Waals surface area (Å²) in [5, 5.41) is 8.86. The van der Waals surface area contributed by atoms with Crippen LogP contribution in [0.2, 0.25) is 0 Å². The molecular weight excluding hydrogens is 206 g/mol. The summed E-state index contributed by atoms with van der Waals surface area (Å²) in [6.45, 7) is 0. The monoisotopic (exact) mass is 219 g/mol. The van der Waals surface area contributed by atoms with Crippen LogP contribution in [-0.4, -0.2) is 15.1 Å². The van der Waals surface area contributed by atoms with E-state index in [1.54, 1.807) is 18.5 Å². The Labute approximate surface area is 92.7 Å². The molecule has 0 saturated carbocycles. The molecule has 0 aliphatic heterocycles. The largest absolute Gasteiger partial charge is 0.506 e. The molecule has 2 rings (SSSR count). The highest BCUT2D eigenvalue weighted by atomic mass is 16.3. The maximum absolute atomic E-state index is 8.86. The molecule has 0 radical (unpaired) electrons. The van der Waals surface area contributed by atoms with Crippen LogP contribution >= 0.6 is 0 Å². The summed E-state index contributed by atoms with van der Waals surface area (Å²) in [7, 11) is 0. The molecule has 16 heavy (non-hydrogen) atoms. The highest BCUT2D eigenvalue weighted by Crippen LogP contribution is 2.20. The maximum atomic E-state index is 8.86. The summed E-state index contributed by atoms with van der Waals surface area (Å²) >= 11 is 0. The fourth-order valence-electron chi connectivity index (χ4n) is 0.884. The third-order valence-electron chi connectivity index (χ3n) is 1.63. The van der Waals surface area contributed by atoms with Gasteiger partial charge >= 0.3 is 0 Å². The van der Waals surface area contributed by atoms with E-state index < -0.39 is 0 Å². The number of phenolic OH excluding ortho intramolecular Hbond substituents is 1. The van der Waals surface area contributed by atoms with Gasteiger partial charge in [0.15, 0.2) is 0 Å².